The minimum absolute atomic E-state index is 0.350. The third kappa shape index (κ3) is 1.98. The van der Waals surface area contributed by atoms with Gasteiger partial charge in [-0.15, -0.1) is 0 Å². The van der Waals surface area contributed by atoms with Gasteiger partial charge in [-0.2, -0.15) is 5.26 Å². The second-order valence-electron chi connectivity index (χ2n) is 2.29. The Labute approximate surface area is 89.1 Å². The van der Waals surface area contributed by atoms with Crippen molar-refractivity contribution in [1.82, 2.24) is 0 Å². The molecule has 7 heteroatoms. The summed E-state index contributed by atoms with van der Waals surface area (Å²) < 4.78 is 35.0. The van der Waals surface area contributed by atoms with Crippen molar-refractivity contribution in [3.63, 3.8) is 0 Å². The van der Waals surface area contributed by atoms with Crippen LogP contribution in [-0.4, -0.2) is 8.42 Å². The topological polar surface area (TPSA) is 57.9 Å². The normalized spacial score (nSPS) is 11.0. The fourth-order valence-electron chi connectivity index (χ4n) is 0.842. The number of hydrogen-bond donors (Lipinski definition) is 0. The van der Waals surface area contributed by atoms with Crippen LogP contribution in [0.25, 0.3) is 0 Å². The van der Waals surface area contributed by atoms with Gasteiger partial charge in [-0.3, -0.25) is 0 Å². The van der Waals surface area contributed by atoms with Crippen molar-refractivity contribution < 1.29 is 12.8 Å². The maximum atomic E-state index is 13.3. The summed E-state index contributed by atoms with van der Waals surface area (Å²) in [4.78, 5) is -0.861. The standard InChI is InChI=1S/C7H2Cl2FNO2S/c8-5-2-1-4(3-11)6(10)7(5)14(9,12)13/h1-2H. The molecule has 1 rings (SSSR count). The predicted octanol–water partition coefficient (Wildman–Crippen LogP) is 2.28. The molecule has 0 spiro atoms. The average Bonchev–Trinajstić information content (AvgIpc) is 2.02. The highest BCUT2D eigenvalue weighted by atomic mass is 35.7. The highest BCUT2D eigenvalue weighted by Crippen LogP contribution is 2.29. The van der Waals surface area contributed by atoms with E-state index in [2.05, 4.69) is 0 Å². The van der Waals surface area contributed by atoms with Crippen LogP contribution >= 0.6 is 22.3 Å². The van der Waals surface area contributed by atoms with Gasteiger partial charge in [0.2, 0.25) is 0 Å². The van der Waals surface area contributed by atoms with Crippen molar-refractivity contribution >= 4 is 31.3 Å². The summed E-state index contributed by atoms with van der Waals surface area (Å²) in [5, 5.41) is 8.08. The van der Waals surface area contributed by atoms with Crippen molar-refractivity contribution in [2.45, 2.75) is 4.90 Å². The van der Waals surface area contributed by atoms with Crippen molar-refractivity contribution in [2.75, 3.05) is 0 Å². The van der Waals surface area contributed by atoms with Crippen LogP contribution in [0.1, 0.15) is 5.56 Å². The minimum atomic E-state index is -4.28. The van der Waals surface area contributed by atoms with Gasteiger partial charge >= 0.3 is 0 Å². The molecule has 0 bridgehead atoms. The lowest BCUT2D eigenvalue weighted by Crippen LogP contribution is -1.99. The molecule has 0 radical (unpaired) electrons. The minimum Gasteiger partial charge on any atom is -0.207 e. The van der Waals surface area contributed by atoms with Gasteiger partial charge in [-0.25, -0.2) is 12.8 Å². The molecule has 0 fully saturated rings. The molecule has 0 aromatic heterocycles. The van der Waals surface area contributed by atoms with Crippen LogP contribution in [-0.2, 0) is 9.05 Å². The fraction of sp³-hybridized carbons (Fsp3) is 0. The van der Waals surface area contributed by atoms with E-state index in [-0.39, 0.29) is 5.02 Å². The lowest BCUT2D eigenvalue weighted by molar-refractivity contribution is 0.573. The summed E-state index contributed by atoms with van der Waals surface area (Å²) in [5.74, 6) is -1.23. The Kier molecular flexibility index (Phi) is 3.00. The van der Waals surface area contributed by atoms with Gasteiger partial charge in [-0.1, -0.05) is 11.6 Å². The molecule has 1 aromatic rings. The first kappa shape index (κ1) is 11.2. The van der Waals surface area contributed by atoms with E-state index in [0.717, 1.165) is 12.1 Å². The zero-order valence-corrected chi connectivity index (χ0v) is 8.79. The van der Waals surface area contributed by atoms with Crippen molar-refractivity contribution in [2.24, 2.45) is 0 Å². The lowest BCUT2D eigenvalue weighted by atomic mass is 10.2. The van der Waals surface area contributed by atoms with Crippen LogP contribution in [0, 0.1) is 17.1 Å². The largest absolute Gasteiger partial charge is 0.265 e. The van der Waals surface area contributed by atoms with Gasteiger partial charge in [0, 0.05) is 10.7 Å². The summed E-state index contributed by atoms with van der Waals surface area (Å²) in [7, 11) is 0.654. The Morgan fingerprint density at radius 2 is 2.00 bits per heavy atom. The van der Waals surface area contributed by atoms with E-state index in [4.69, 9.17) is 27.5 Å². The Morgan fingerprint density at radius 1 is 1.43 bits per heavy atom. The molecule has 0 aliphatic carbocycles. The van der Waals surface area contributed by atoms with Crippen LogP contribution in [0.3, 0.4) is 0 Å². The number of nitriles is 1. The fourth-order valence-corrected chi connectivity index (χ4v) is 2.49. The van der Waals surface area contributed by atoms with Crippen molar-refractivity contribution in [1.29, 1.82) is 5.26 Å². The first-order valence-electron chi connectivity index (χ1n) is 3.20. The Morgan fingerprint density at radius 3 is 2.43 bits per heavy atom. The summed E-state index contributed by atoms with van der Waals surface area (Å²) in [6.45, 7) is 0. The molecule has 74 valence electrons. The van der Waals surface area contributed by atoms with E-state index < -0.39 is 25.3 Å². The molecule has 0 atom stereocenters. The highest BCUT2D eigenvalue weighted by molar-refractivity contribution is 8.13. The Hall–Kier alpha value is -0.830. The van der Waals surface area contributed by atoms with Gasteiger partial charge < -0.3 is 0 Å². The van der Waals surface area contributed by atoms with E-state index in [9.17, 15) is 12.8 Å². The molecule has 0 saturated carbocycles. The zero-order chi connectivity index (χ0) is 10.9. The van der Waals surface area contributed by atoms with E-state index in [1.165, 1.54) is 6.07 Å². The third-order valence-electron chi connectivity index (χ3n) is 1.41. The molecule has 0 aliphatic heterocycles. The lowest BCUT2D eigenvalue weighted by Gasteiger charge is -2.02. The number of rotatable bonds is 1. The molecular formula is C7H2Cl2FNO2S. The quantitative estimate of drug-likeness (QED) is 0.722. The summed E-state index contributed by atoms with van der Waals surface area (Å²) >= 11 is 5.43. The van der Waals surface area contributed by atoms with E-state index >= 15 is 0 Å². The summed E-state index contributed by atoms with van der Waals surface area (Å²) in [6, 6.07) is 3.65. The van der Waals surface area contributed by atoms with Crippen LogP contribution in [0.5, 0.6) is 0 Å². The van der Waals surface area contributed by atoms with Crippen LogP contribution < -0.4 is 0 Å². The van der Waals surface area contributed by atoms with Gasteiger partial charge in [0.15, 0.2) is 5.82 Å². The van der Waals surface area contributed by atoms with Crippen LogP contribution in [0.15, 0.2) is 17.0 Å². The summed E-state index contributed by atoms with van der Waals surface area (Å²) in [5.41, 5.74) is -0.423. The highest BCUT2D eigenvalue weighted by Gasteiger charge is 2.22. The number of hydrogen-bond acceptors (Lipinski definition) is 3. The van der Waals surface area contributed by atoms with Crippen molar-refractivity contribution in [3.05, 3.63) is 28.5 Å². The van der Waals surface area contributed by atoms with Gasteiger partial charge in [0.25, 0.3) is 9.05 Å². The molecule has 1 aromatic carbocycles. The molecule has 3 nitrogen and oxygen atoms in total. The smallest absolute Gasteiger partial charge is 0.207 e. The third-order valence-corrected chi connectivity index (χ3v) is 3.19. The number of nitrogens with zero attached hydrogens (tertiary/aromatic N) is 1. The first-order chi connectivity index (χ1) is 6.38. The number of benzene rings is 1. The van der Waals surface area contributed by atoms with Crippen LogP contribution in [0.2, 0.25) is 5.02 Å². The molecule has 0 saturated heterocycles. The Bertz CT molecular complexity index is 521. The zero-order valence-electron chi connectivity index (χ0n) is 6.46. The van der Waals surface area contributed by atoms with E-state index in [1.807, 2.05) is 0 Å². The predicted molar refractivity (Wildman–Crippen MR) is 49.2 cm³/mol. The monoisotopic (exact) mass is 253 g/mol. The van der Waals surface area contributed by atoms with E-state index in [0.29, 0.717) is 0 Å². The van der Waals surface area contributed by atoms with Crippen molar-refractivity contribution in [3.8, 4) is 6.07 Å². The van der Waals surface area contributed by atoms with Crippen LogP contribution in [0.4, 0.5) is 4.39 Å². The molecule has 0 heterocycles. The maximum Gasteiger partial charge on any atom is 0.265 e. The van der Waals surface area contributed by atoms with Gasteiger partial charge in [0.1, 0.15) is 11.0 Å². The molecule has 0 aliphatic rings. The van der Waals surface area contributed by atoms with Gasteiger partial charge in [0.05, 0.1) is 10.6 Å². The van der Waals surface area contributed by atoms with Gasteiger partial charge in [-0.05, 0) is 12.1 Å². The Balaban J connectivity index is 3.68. The first-order valence-corrected chi connectivity index (χ1v) is 5.89. The molecule has 0 amide bonds. The number of halogens is 3. The molecule has 14 heavy (non-hydrogen) atoms. The SMILES string of the molecule is N#Cc1ccc(Cl)c(S(=O)(=O)Cl)c1F. The molecular weight excluding hydrogens is 252 g/mol. The second kappa shape index (κ2) is 3.73. The second-order valence-corrected chi connectivity index (χ2v) is 5.20. The summed E-state index contributed by atoms with van der Waals surface area (Å²) in [6.07, 6.45) is 0. The molecule has 0 unspecified atom stereocenters. The maximum absolute atomic E-state index is 13.3. The molecule has 0 N–H and O–H groups in total. The average molecular weight is 254 g/mol. The van der Waals surface area contributed by atoms with E-state index in [1.54, 1.807) is 0 Å².